The number of nitriles is 1. The molecule has 2 rings (SSSR count). The molecule has 0 saturated heterocycles. The van der Waals surface area contributed by atoms with Crippen molar-refractivity contribution in [3.63, 3.8) is 0 Å². The van der Waals surface area contributed by atoms with E-state index in [1.165, 1.54) is 24.3 Å². The third-order valence-corrected chi connectivity index (χ3v) is 2.96. The molecule has 0 atom stereocenters. The first kappa shape index (κ1) is 14.4. The number of nitrogens with zero attached hydrogens (tertiary/aromatic N) is 1. The van der Waals surface area contributed by atoms with Gasteiger partial charge in [-0.05, 0) is 43.7 Å². The Labute approximate surface area is 121 Å². The highest BCUT2D eigenvalue weighted by Gasteiger charge is 2.18. The highest BCUT2D eigenvalue weighted by atomic mass is 16.3. The number of aryl methyl sites for hydroxylation is 2. The zero-order valence-corrected chi connectivity index (χ0v) is 11.5. The molecular weight excluding hydrogens is 270 g/mol. The molecule has 0 amide bonds. The minimum atomic E-state index is -0.445. The van der Waals surface area contributed by atoms with Crippen LogP contribution in [0.1, 0.15) is 27.4 Å². The highest BCUT2D eigenvalue weighted by molar-refractivity contribution is 6.14. The van der Waals surface area contributed by atoms with Gasteiger partial charge in [-0.15, -0.1) is 0 Å². The fourth-order valence-electron chi connectivity index (χ4n) is 1.95. The minimum absolute atomic E-state index is 0.0796. The molecule has 2 N–H and O–H groups in total. The van der Waals surface area contributed by atoms with Gasteiger partial charge >= 0.3 is 0 Å². The summed E-state index contributed by atoms with van der Waals surface area (Å²) < 4.78 is 5.28. The van der Waals surface area contributed by atoms with Crippen LogP contribution in [0.4, 0.5) is 0 Å². The number of ketones is 1. The van der Waals surface area contributed by atoms with E-state index >= 15 is 0 Å². The van der Waals surface area contributed by atoms with Crippen LogP contribution in [0.3, 0.4) is 0 Å². The van der Waals surface area contributed by atoms with E-state index in [4.69, 9.17) is 9.68 Å². The van der Waals surface area contributed by atoms with Crippen molar-refractivity contribution in [2.45, 2.75) is 13.8 Å². The van der Waals surface area contributed by atoms with Crippen molar-refractivity contribution in [3.05, 3.63) is 52.5 Å². The molecule has 1 aromatic carbocycles. The summed E-state index contributed by atoms with van der Waals surface area (Å²) in [4.78, 5) is 12.3. The number of phenols is 2. The molecule has 0 radical (unpaired) electrons. The number of carbonyl (C=O) groups is 1. The number of carbonyl (C=O) groups excluding carboxylic acids is 1. The standard InChI is InChI=1S/C16H13NO4/c1-9-5-13(10(2)21-9)16(20)12(8-17)6-11-3-4-14(18)15(19)7-11/h3-7,18-19H,1-2H3. The fraction of sp³-hybridized carbons (Fsp3) is 0.125. The predicted octanol–water partition coefficient (Wildman–Crippen LogP) is 3.10. The molecule has 0 aliphatic carbocycles. The van der Waals surface area contributed by atoms with Crippen LogP contribution in [0.15, 0.2) is 34.3 Å². The molecule has 0 unspecified atom stereocenters. The maximum Gasteiger partial charge on any atom is 0.207 e. The van der Waals surface area contributed by atoms with Crippen molar-refractivity contribution >= 4 is 11.9 Å². The zero-order chi connectivity index (χ0) is 15.6. The maximum absolute atomic E-state index is 12.3. The van der Waals surface area contributed by atoms with Gasteiger partial charge < -0.3 is 14.6 Å². The van der Waals surface area contributed by atoms with Crippen LogP contribution in [-0.2, 0) is 0 Å². The number of hydrogen-bond acceptors (Lipinski definition) is 5. The fourth-order valence-corrected chi connectivity index (χ4v) is 1.95. The SMILES string of the molecule is Cc1cc(C(=O)C(C#N)=Cc2ccc(O)c(O)c2)c(C)o1. The molecule has 106 valence electrons. The number of benzene rings is 1. The minimum Gasteiger partial charge on any atom is -0.504 e. The van der Waals surface area contributed by atoms with E-state index in [1.807, 2.05) is 6.07 Å². The molecule has 0 bridgehead atoms. The van der Waals surface area contributed by atoms with E-state index in [1.54, 1.807) is 19.9 Å². The second-order valence-corrected chi connectivity index (χ2v) is 4.57. The van der Waals surface area contributed by atoms with Gasteiger partial charge in [-0.25, -0.2) is 0 Å². The van der Waals surface area contributed by atoms with Gasteiger partial charge in [0, 0.05) is 0 Å². The second kappa shape index (κ2) is 5.55. The van der Waals surface area contributed by atoms with Crippen molar-refractivity contribution in [1.29, 1.82) is 5.26 Å². The van der Waals surface area contributed by atoms with Gasteiger partial charge in [0.25, 0.3) is 0 Å². The Balaban J connectivity index is 2.41. The Hall–Kier alpha value is -3.00. The van der Waals surface area contributed by atoms with E-state index < -0.39 is 5.78 Å². The van der Waals surface area contributed by atoms with E-state index in [-0.39, 0.29) is 17.1 Å². The third-order valence-electron chi connectivity index (χ3n) is 2.96. The lowest BCUT2D eigenvalue weighted by Gasteiger charge is -2.00. The van der Waals surface area contributed by atoms with E-state index in [2.05, 4.69) is 0 Å². The number of aromatic hydroxyl groups is 2. The van der Waals surface area contributed by atoms with Crippen LogP contribution in [-0.4, -0.2) is 16.0 Å². The van der Waals surface area contributed by atoms with Gasteiger partial charge in [0.2, 0.25) is 5.78 Å². The van der Waals surface area contributed by atoms with E-state index in [0.29, 0.717) is 22.6 Å². The molecule has 1 aromatic heterocycles. The van der Waals surface area contributed by atoms with E-state index in [0.717, 1.165) is 0 Å². The summed E-state index contributed by atoms with van der Waals surface area (Å²) in [6.07, 6.45) is 1.35. The highest BCUT2D eigenvalue weighted by Crippen LogP contribution is 2.26. The number of hydrogen-bond donors (Lipinski definition) is 2. The Morgan fingerprint density at radius 2 is 1.95 bits per heavy atom. The normalized spacial score (nSPS) is 11.2. The smallest absolute Gasteiger partial charge is 0.207 e. The van der Waals surface area contributed by atoms with Crippen molar-refractivity contribution < 1.29 is 19.4 Å². The van der Waals surface area contributed by atoms with Crippen LogP contribution in [0.2, 0.25) is 0 Å². The molecule has 0 fully saturated rings. The van der Waals surface area contributed by atoms with Gasteiger partial charge in [0.15, 0.2) is 11.5 Å². The number of phenolic OH excluding ortho intramolecular Hbond substituents is 2. The lowest BCUT2D eigenvalue weighted by Crippen LogP contribution is -2.02. The Morgan fingerprint density at radius 1 is 1.24 bits per heavy atom. The lowest BCUT2D eigenvalue weighted by atomic mass is 10.0. The molecule has 0 aliphatic rings. The van der Waals surface area contributed by atoms with Gasteiger partial charge in [0.1, 0.15) is 23.2 Å². The van der Waals surface area contributed by atoms with Gasteiger partial charge in [-0.3, -0.25) is 4.79 Å². The van der Waals surface area contributed by atoms with Crippen molar-refractivity contribution in [2.24, 2.45) is 0 Å². The Kier molecular flexibility index (Phi) is 3.81. The lowest BCUT2D eigenvalue weighted by molar-refractivity contribution is 0.103. The summed E-state index contributed by atoms with van der Waals surface area (Å²) in [5.74, 6) is 0.0177. The van der Waals surface area contributed by atoms with Crippen LogP contribution in [0.25, 0.3) is 6.08 Å². The third kappa shape index (κ3) is 2.95. The molecule has 0 spiro atoms. The Bertz CT molecular complexity index is 778. The molecule has 5 heteroatoms. The van der Waals surface area contributed by atoms with Gasteiger partial charge in [0.05, 0.1) is 5.56 Å². The monoisotopic (exact) mass is 283 g/mol. The molecule has 0 aliphatic heterocycles. The molecule has 21 heavy (non-hydrogen) atoms. The van der Waals surface area contributed by atoms with Crippen LogP contribution >= 0.6 is 0 Å². The van der Waals surface area contributed by atoms with Crippen LogP contribution < -0.4 is 0 Å². The number of allylic oxidation sites excluding steroid dienone is 1. The summed E-state index contributed by atoms with van der Waals surface area (Å²) in [6.45, 7) is 3.37. The first-order valence-electron chi connectivity index (χ1n) is 6.18. The number of furan rings is 1. The molecular formula is C16H13NO4. The summed E-state index contributed by atoms with van der Waals surface area (Å²) in [7, 11) is 0. The zero-order valence-electron chi connectivity index (χ0n) is 11.5. The Morgan fingerprint density at radius 3 is 2.48 bits per heavy atom. The first-order valence-corrected chi connectivity index (χ1v) is 6.18. The topological polar surface area (TPSA) is 94.5 Å². The predicted molar refractivity (Wildman–Crippen MR) is 75.9 cm³/mol. The second-order valence-electron chi connectivity index (χ2n) is 4.57. The van der Waals surface area contributed by atoms with Crippen LogP contribution in [0, 0.1) is 25.2 Å². The first-order chi connectivity index (χ1) is 9.92. The summed E-state index contributed by atoms with van der Waals surface area (Å²) in [5, 5.41) is 27.8. The van der Waals surface area contributed by atoms with Crippen molar-refractivity contribution in [1.82, 2.24) is 0 Å². The summed E-state index contributed by atoms with van der Waals surface area (Å²) in [5.41, 5.74) is 0.695. The average Bonchev–Trinajstić information content (AvgIpc) is 2.78. The largest absolute Gasteiger partial charge is 0.504 e. The molecule has 5 nitrogen and oxygen atoms in total. The van der Waals surface area contributed by atoms with Gasteiger partial charge in [-0.1, -0.05) is 6.07 Å². The molecule has 0 saturated carbocycles. The van der Waals surface area contributed by atoms with Gasteiger partial charge in [-0.2, -0.15) is 5.26 Å². The van der Waals surface area contributed by atoms with Crippen molar-refractivity contribution in [3.8, 4) is 17.6 Å². The van der Waals surface area contributed by atoms with E-state index in [9.17, 15) is 15.0 Å². The molecule has 2 aromatic rings. The summed E-state index contributed by atoms with van der Waals surface area (Å²) >= 11 is 0. The van der Waals surface area contributed by atoms with Crippen LogP contribution in [0.5, 0.6) is 11.5 Å². The van der Waals surface area contributed by atoms with Crippen molar-refractivity contribution in [2.75, 3.05) is 0 Å². The average molecular weight is 283 g/mol. The quantitative estimate of drug-likeness (QED) is 0.390. The summed E-state index contributed by atoms with van der Waals surface area (Å²) in [6, 6.07) is 7.48. The maximum atomic E-state index is 12.3. The number of Topliss-reactive ketones (excluding diaryl/α,β-unsaturated/α-hetero) is 1. The molecule has 1 heterocycles. The number of rotatable bonds is 3.